The SMILES string of the molecule is Cc1cc(F)cccn(C)c(Cl)n1. The van der Waals surface area contributed by atoms with Gasteiger partial charge in [-0.3, -0.25) is 0 Å². The van der Waals surface area contributed by atoms with Gasteiger partial charge in [0.15, 0.2) is 0 Å². The highest BCUT2D eigenvalue weighted by atomic mass is 35.5. The number of nitrogens with zero attached hydrogens (tertiary/aromatic N) is 2. The highest BCUT2D eigenvalue weighted by molar-refractivity contribution is 6.28. The van der Waals surface area contributed by atoms with Crippen molar-refractivity contribution in [3.63, 3.8) is 0 Å². The van der Waals surface area contributed by atoms with Crippen LogP contribution >= 0.6 is 11.6 Å². The van der Waals surface area contributed by atoms with Gasteiger partial charge in [-0.15, -0.1) is 0 Å². The Morgan fingerprint density at radius 1 is 1.54 bits per heavy atom. The van der Waals surface area contributed by atoms with Crippen molar-refractivity contribution in [3.8, 4) is 0 Å². The second-order valence-electron chi connectivity index (χ2n) is 2.67. The van der Waals surface area contributed by atoms with Crippen molar-refractivity contribution in [1.82, 2.24) is 9.55 Å². The lowest BCUT2D eigenvalue weighted by Gasteiger charge is -1.94. The highest BCUT2D eigenvalue weighted by Crippen LogP contribution is 2.02. The summed E-state index contributed by atoms with van der Waals surface area (Å²) >= 11 is 5.80. The normalized spacial score (nSPS) is 9.54. The van der Waals surface area contributed by atoms with Gasteiger partial charge in [0.1, 0.15) is 5.82 Å². The summed E-state index contributed by atoms with van der Waals surface area (Å²) in [5.74, 6) is -0.336. The number of hydrogen-bond acceptors (Lipinski definition) is 1. The van der Waals surface area contributed by atoms with Crippen LogP contribution in [0.4, 0.5) is 4.39 Å². The molecule has 0 saturated heterocycles. The van der Waals surface area contributed by atoms with E-state index in [1.807, 2.05) is 0 Å². The summed E-state index contributed by atoms with van der Waals surface area (Å²) in [6.07, 6.45) is 1.64. The maximum absolute atomic E-state index is 12.9. The first-order chi connectivity index (χ1) is 6.09. The molecule has 0 spiro atoms. The molecule has 1 rings (SSSR count). The Balaban J connectivity index is 3.46. The van der Waals surface area contributed by atoms with Crippen LogP contribution in [0.2, 0.25) is 5.28 Å². The topological polar surface area (TPSA) is 17.8 Å². The van der Waals surface area contributed by atoms with E-state index in [-0.39, 0.29) is 5.82 Å². The molecule has 2 nitrogen and oxygen atoms in total. The second kappa shape index (κ2) is 4.23. The lowest BCUT2D eigenvalue weighted by atomic mass is 10.4. The Bertz CT molecular complexity index is 359. The van der Waals surface area contributed by atoms with Crippen LogP contribution in [0.1, 0.15) is 5.69 Å². The molecule has 13 heavy (non-hydrogen) atoms. The van der Waals surface area contributed by atoms with Gasteiger partial charge in [-0.2, -0.15) is 0 Å². The molecule has 0 aromatic carbocycles. The van der Waals surface area contributed by atoms with Crippen LogP contribution in [0.25, 0.3) is 0 Å². The maximum atomic E-state index is 12.9. The van der Waals surface area contributed by atoms with E-state index in [4.69, 9.17) is 11.6 Å². The van der Waals surface area contributed by atoms with Gasteiger partial charge in [0.25, 0.3) is 0 Å². The molecule has 0 N–H and O–H groups in total. The van der Waals surface area contributed by atoms with E-state index in [1.165, 1.54) is 12.1 Å². The van der Waals surface area contributed by atoms with Crippen molar-refractivity contribution >= 4 is 11.6 Å². The molecular formula is C9H10ClFN2. The van der Waals surface area contributed by atoms with Crippen LogP contribution in [-0.2, 0) is 7.05 Å². The monoisotopic (exact) mass is 200 g/mol. The van der Waals surface area contributed by atoms with Crippen molar-refractivity contribution in [2.24, 2.45) is 7.05 Å². The highest BCUT2D eigenvalue weighted by Gasteiger charge is 1.90. The standard InChI is InChI=1S/C9H10ClFN2/c1-7-6-8(11)4-3-5-13(2)9(10)12-7/h3-6H,1-2H3. The maximum Gasteiger partial charge on any atom is 0.202 e. The third-order valence-corrected chi connectivity index (χ3v) is 1.82. The Labute approximate surface area is 81.3 Å². The van der Waals surface area contributed by atoms with Gasteiger partial charge >= 0.3 is 0 Å². The minimum absolute atomic E-state index is 0.313. The van der Waals surface area contributed by atoms with E-state index in [9.17, 15) is 4.39 Å². The van der Waals surface area contributed by atoms with E-state index in [0.717, 1.165) is 0 Å². The Kier molecular flexibility index (Phi) is 3.25. The summed E-state index contributed by atoms with van der Waals surface area (Å²) < 4.78 is 14.5. The third kappa shape index (κ3) is 3.03. The summed E-state index contributed by atoms with van der Waals surface area (Å²) in [5, 5.41) is 0.313. The van der Waals surface area contributed by atoms with E-state index in [2.05, 4.69) is 4.98 Å². The zero-order valence-corrected chi connectivity index (χ0v) is 8.22. The minimum atomic E-state index is -0.336. The first-order valence-electron chi connectivity index (χ1n) is 3.79. The molecule has 0 fully saturated rings. The molecule has 1 aromatic rings. The number of halogens is 2. The average molecular weight is 201 g/mol. The van der Waals surface area contributed by atoms with Crippen LogP contribution in [0.3, 0.4) is 0 Å². The first-order valence-corrected chi connectivity index (χ1v) is 4.16. The van der Waals surface area contributed by atoms with Crippen molar-refractivity contribution in [3.05, 3.63) is 41.2 Å². The number of hydrogen-bond donors (Lipinski definition) is 0. The van der Waals surface area contributed by atoms with Crippen LogP contribution in [-0.4, -0.2) is 9.55 Å². The van der Waals surface area contributed by atoms with Gasteiger partial charge in [-0.05, 0) is 36.7 Å². The van der Waals surface area contributed by atoms with Gasteiger partial charge in [-0.1, -0.05) is 0 Å². The average Bonchev–Trinajstić information content (AvgIpc) is 2.06. The molecule has 0 saturated carbocycles. The smallest absolute Gasteiger partial charge is 0.202 e. The van der Waals surface area contributed by atoms with Gasteiger partial charge in [0, 0.05) is 18.9 Å². The lowest BCUT2D eigenvalue weighted by molar-refractivity contribution is 0.627. The van der Waals surface area contributed by atoms with E-state index in [1.54, 1.807) is 30.8 Å². The summed E-state index contributed by atoms with van der Waals surface area (Å²) in [5.41, 5.74) is 0.536. The fraction of sp³-hybridized carbons (Fsp3) is 0.222. The van der Waals surface area contributed by atoms with Gasteiger partial charge in [-0.25, -0.2) is 9.37 Å². The fourth-order valence-corrected chi connectivity index (χ4v) is 1.02. The second-order valence-corrected chi connectivity index (χ2v) is 3.01. The Morgan fingerprint density at radius 3 is 2.92 bits per heavy atom. The molecule has 0 aliphatic heterocycles. The largest absolute Gasteiger partial charge is 0.326 e. The summed E-state index contributed by atoms with van der Waals surface area (Å²) in [6, 6.07) is 4.25. The first kappa shape index (κ1) is 9.99. The number of aryl methyl sites for hydroxylation is 2. The zero-order chi connectivity index (χ0) is 9.84. The molecule has 0 bridgehead atoms. The quantitative estimate of drug-likeness (QED) is 0.630. The Morgan fingerprint density at radius 2 is 2.23 bits per heavy atom. The summed E-state index contributed by atoms with van der Waals surface area (Å²) in [7, 11) is 1.74. The zero-order valence-electron chi connectivity index (χ0n) is 7.46. The number of aromatic nitrogens is 2. The molecule has 0 aliphatic carbocycles. The predicted octanol–water partition coefficient (Wildman–Crippen LogP) is 2.65. The molecule has 70 valence electrons. The molecule has 0 radical (unpaired) electrons. The van der Waals surface area contributed by atoms with E-state index >= 15 is 0 Å². The van der Waals surface area contributed by atoms with E-state index in [0.29, 0.717) is 11.0 Å². The molecule has 0 amide bonds. The van der Waals surface area contributed by atoms with Gasteiger partial charge in [0.05, 0.1) is 0 Å². The lowest BCUT2D eigenvalue weighted by Crippen LogP contribution is -1.90. The molecule has 1 aromatic heterocycles. The van der Waals surface area contributed by atoms with E-state index < -0.39 is 0 Å². The van der Waals surface area contributed by atoms with Crippen LogP contribution in [0.15, 0.2) is 24.4 Å². The molecule has 0 atom stereocenters. The Hall–Kier alpha value is -1.09. The number of rotatable bonds is 0. The molecular weight excluding hydrogens is 191 g/mol. The van der Waals surface area contributed by atoms with Gasteiger partial charge < -0.3 is 4.57 Å². The summed E-state index contributed by atoms with van der Waals surface area (Å²) in [4.78, 5) is 3.96. The molecule has 4 heteroatoms. The van der Waals surface area contributed by atoms with Crippen molar-refractivity contribution in [2.75, 3.05) is 0 Å². The third-order valence-electron chi connectivity index (χ3n) is 1.47. The van der Waals surface area contributed by atoms with Crippen LogP contribution < -0.4 is 0 Å². The molecule has 0 aliphatic rings. The predicted molar refractivity (Wildman–Crippen MR) is 50.5 cm³/mol. The van der Waals surface area contributed by atoms with Crippen LogP contribution in [0, 0.1) is 12.7 Å². The molecule has 1 heterocycles. The summed E-state index contributed by atoms with van der Waals surface area (Å²) in [6.45, 7) is 1.69. The van der Waals surface area contributed by atoms with Crippen molar-refractivity contribution in [2.45, 2.75) is 6.92 Å². The fourth-order valence-electron chi connectivity index (χ4n) is 0.830. The molecule has 0 unspecified atom stereocenters. The van der Waals surface area contributed by atoms with Gasteiger partial charge in [0.2, 0.25) is 5.28 Å². The minimum Gasteiger partial charge on any atom is -0.326 e. The van der Waals surface area contributed by atoms with Crippen LogP contribution in [0.5, 0.6) is 0 Å². The van der Waals surface area contributed by atoms with Crippen molar-refractivity contribution < 1.29 is 4.39 Å². The van der Waals surface area contributed by atoms with Crippen molar-refractivity contribution in [1.29, 1.82) is 0 Å².